The third-order valence-corrected chi connectivity index (χ3v) is 2.40. The molecule has 0 aromatic rings. The van der Waals surface area contributed by atoms with Crippen LogP contribution >= 0.6 is 0 Å². The molecule has 1 aliphatic heterocycles. The van der Waals surface area contributed by atoms with Gasteiger partial charge in [0.05, 0.1) is 11.7 Å². The molecular formula is C7H12O2. The fourth-order valence-corrected chi connectivity index (χ4v) is 1.88. The molecule has 2 nitrogen and oxygen atoms in total. The molecule has 1 N–H and O–H groups in total. The summed E-state index contributed by atoms with van der Waals surface area (Å²) in [5.74, 6) is 0. The van der Waals surface area contributed by atoms with E-state index in [1.807, 2.05) is 0 Å². The summed E-state index contributed by atoms with van der Waals surface area (Å²) in [5, 5.41) is 8.99. The summed E-state index contributed by atoms with van der Waals surface area (Å²) in [6.07, 6.45) is 4.06. The minimum atomic E-state index is -0.0666. The largest absolute Gasteiger partial charge is 0.393 e. The monoisotopic (exact) mass is 128 g/mol. The normalized spacial score (nSPS) is 49.7. The second-order valence-electron chi connectivity index (χ2n) is 3.20. The Morgan fingerprint density at radius 1 is 1.44 bits per heavy atom. The van der Waals surface area contributed by atoms with Gasteiger partial charge in [-0.15, -0.1) is 0 Å². The lowest BCUT2D eigenvalue weighted by Gasteiger charge is -2.41. The van der Waals surface area contributed by atoms with E-state index >= 15 is 0 Å². The molecule has 9 heavy (non-hydrogen) atoms. The Morgan fingerprint density at radius 3 is 2.67 bits per heavy atom. The first-order chi connectivity index (χ1) is 4.31. The van der Waals surface area contributed by atoms with Crippen molar-refractivity contribution in [2.45, 2.75) is 37.4 Å². The number of hydrogen-bond acceptors (Lipinski definition) is 2. The van der Waals surface area contributed by atoms with E-state index in [2.05, 4.69) is 0 Å². The van der Waals surface area contributed by atoms with Crippen LogP contribution in [0.2, 0.25) is 0 Å². The van der Waals surface area contributed by atoms with Crippen LogP contribution in [0.15, 0.2) is 0 Å². The molecule has 0 bridgehead atoms. The van der Waals surface area contributed by atoms with Crippen molar-refractivity contribution in [2.75, 3.05) is 6.61 Å². The highest BCUT2D eigenvalue weighted by Gasteiger charge is 2.46. The number of aliphatic hydroxyl groups excluding tert-OH is 1. The topological polar surface area (TPSA) is 29.5 Å². The van der Waals surface area contributed by atoms with Gasteiger partial charge in [-0.05, 0) is 12.8 Å². The lowest BCUT2D eigenvalue weighted by atomic mass is 9.76. The minimum Gasteiger partial charge on any atom is -0.393 e. The van der Waals surface area contributed by atoms with Crippen molar-refractivity contribution in [3.05, 3.63) is 0 Å². The van der Waals surface area contributed by atoms with Gasteiger partial charge < -0.3 is 9.84 Å². The maximum absolute atomic E-state index is 8.99. The molecule has 0 aromatic heterocycles. The fraction of sp³-hybridized carbons (Fsp3) is 1.00. The fourth-order valence-electron chi connectivity index (χ4n) is 1.88. The Balaban J connectivity index is 1.95. The van der Waals surface area contributed by atoms with Crippen LogP contribution < -0.4 is 0 Å². The lowest BCUT2D eigenvalue weighted by molar-refractivity contribution is -0.124. The number of hydrogen-bond donors (Lipinski definition) is 1. The first-order valence-corrected chi connectivity index (χ1v) is 3.63. The second kappa shape index (κ2) is 1.70. The summed E-state index contributed by atoms with van der Waals surface area (Å²) >= 11 is 0. The van der Waals surface area contributed by atoms with Crippen LogP contribution in [-0.4, -0.2) is 23.4 Å². The number of aliphatic hydroxyl groups is 1. The molecule has 1 saturated carbocycles. The SMILES string of the molecule is OC1CC2(CCCO2)C1. The third-order valence-electron chi connectivity index (χ3n) is 2.40. The van der Waals surface area contributed by atoms with Crippen LogP contribution in [0.25, 0.3) is 0 Å². The summed E-state index contributed by atoms with van der Waals surface area (Å²) in [4.78, 5) is 0. The molecule has 1 aliphatic carbocycles. The van der Waals surface area contributed by atoms with Gasteiger partial charge >= 0.3 is 0 Å². The highest BCUT2D eigenvalue weighted by atomic mass is 16.5. The molecule has 1 saturated heterocycles. The molecule has 0 unspecified atom stereocenters. The van der Waals surface area contributed by atoms with E-state index in [0.29, 0.717) is 0 Å². The van der Waals surface area contributed by atoms with Crippen molar-refractivity contribution >= 4 is 0 Å². The van der Waals surface area contributed by atoms with E-state index in [-0.39, 0.29) is 11.7 Å². The van der Waals surface area contributed by atoms with Crippen molar-refractivity contribution in [2.24, 2.45) is 0 Å². The predicted molar refractivity (Wildman–Crippen MR) is 33.2 cm³/mol. The molecule has 1 heterocycles. The van der Waals surface area contributed by atoms with Crippen LogP contribution in [-0.2, 0) is 4.74 Å². The third kappa shape index (κ3) is 0.775. The van der Waals surface area contributed by atoms with E-state index in [1.54, 1.807) is 0 Å². The molecule has 0 amide bonds. The zero-order valence-corrected chi connectivity index (χ0v) is 5.47. The standard InChI is InChI=1S/C7H12O2/c8-6-4-7(5-6)2-1-3-9-7/h6,8H,1-5H2. The van der Waals surface area contributed by atoms with Gasteiger partial charge in [-0.25, -0.2) is 0 Å². The van der Waals surface area contributed by atoms with Gasteiger partial charge in [0, 0.05) is 19.4 Å². The Labute approximate surface area is 54.8 Å². The van der Waals surface area contributed by atoms with Crippen molar-refractivity contribution in [1.82, 2.24) is 0 Å². The Morgan fingerprint density at radius 2 is 2.22 bits per heavy atom. The van der Waals surface area contributed by atoms with Gasteiger partial charge in [0.25, 0.3) is 0 Å². The highest BCUT2D eigenvalue weighted by Crippen LogP contribution is 2.43. The quantitative estimate of drug-likeness (QED) is 0.520. The summed E-state index contributed by atoms with van der Waals surface area (Å²) in [5.41, 5.74) is 0.138. The molecule has 2 fully saturated rings. The van der Waals surface area contributed by atoms with Gasteiger partial charge in [-0.3, -0.25) is 0 Å². The molecule has 2 aliphatic rings. The van der Waals surface area contributed by atoms with E-state index < -0.39 is 0 Å². The van der Waals surface area contributed by atoms with Crippen LogP contribution in [0.5, 0.6) is 0 Å². The van der Waals surface area contributed by atoms with Crippen molar-refractivity contribution in [3.63, 3.8) is 0 Å². The minimum absolute atomic E-state index is 0.0666. The zero-order chi connectivity index (χ0) is 6.32. The smallest absolute Gasteiger partial charge is 0.0732 e. The van der Waals surface area contributed by atoms with Crippen molar-refractivity contribution < 1.29 is 9.84 Å². The lowest BCUT2D eigenvalue weighted by Crippen LogP contribution is -2.46. The summed E-state index contributed by atoms with van der Waals surface area (Å²) < 4.78 is 5.49. The van der Waals surface area contributed by atoms with Gasteiger partial charge in [0.1, 0.15) is 0 Å². The van der Waals surface area contributed by atoms with Gasteiger partial charge in [0.15, 0.2) is 0 Å². The molecule has 2 heteroatoms. The first kappa shape index (κ1) is 5.69. The summed E-state index contributed by atoms with van der Waals surface area (Å²) in [6, 6.07) is 0. The van der Waals surface area contributed by atoms with E-state index in [0.717, 1.165) is 19.4 Å². The molecule has 52 valence electrons. The summed E-state index contributed by atoms with van der Waals surface area (Å²) in [7, 11) is 0. The predicted octanol–water partition coefficient (Wildman–Crippen LogP) is 0.690. The van der Waals surface area contributed by atoms with Gasteiger partial charge in [-0.1, -0.05) is 0 Å². The molecule has 1 spiro atoms. The molecule has 0 aromatic carbocycles. The maximum atomic E-state index is 8.99. The zero-order valence-electron chi connectivity index (χ0n) is 5.47. The summed E-state index contributed by atoms with van der Waals surface area (Å²) in [6.45, 7) is 0.909. The van der Waals surface area contributed by atoms with Crippen molar-refractivity contribution in [1.29, 1.82) is 0 Å². The molecule has 0 radical (unpaired) electrons. The second-order valence-corrected chi connectivity index (χ2v) is 3.20. The number of ether oxygens (including phenoxy) is 1. The first-order valence-electron chi connectivity index (χ1n) is 3.63. The average molecular weight is 128 g/mol. The number of rotatable bonds is 0. The molecular weight excluding hydrogens is 116 g/mol. The molecule has 0 atom stereocenters. The van der Waals surface area contributed by atoms with Crippen LogP contribution in [0.3, 0.4) is 0 Å². The maximum Gasteiger partial charge on any atom is 0.0732 e. The van der Waals surface area contributed by atoms with Crippen LogP contribution in [0.4, 0.5) is 0 Å². The van der Waals surface area contributed by atoms with Gasteiger partial charge in [-0.2, -0.15) is 0 Å². The average Bonchev–Trinajstić information content (AvgIpc) is 2.12. The van der Waals surface area contributed by atoms with Gasteiger partial charge in [0.2, 0.25) is 0 Å². The van der Waals surface area contributed by atoms with E-state index in [4.69, 9.17) is 9.84 Å². The van der Waals surface area contributed by atoms with E-state index in [1.165, 1.54) is 12.8 Å². The van der Waals surface area contributed by atoms with E-state index in [9.17, 15) is 0 Å². The van der Waals surface area contributed by atoms with Crippen LogP contribution in [0, 0.1) is 0 Å². The Hall–Kier alpha value is -0.0800. The van der Waals surface area contributed by atoms with Crippen molar-refractivity contribution in [3.8, 4) is 0 Å². The van der Waals surface area contributed by atoms with Crippen LogP contribution in [0.1, 0.15) is 25.7 Å². The molecule has 2 rings (SSSR count). The Bertz CT molecular complexity index is 108. The Kier molecular flexibility index (Phi) is 1.08. The highest BCUT2D eigenvalue weighted by molar-refractivity contribution is 4.98.